The molecule has 0 unspecified atom stereocenters. The Morgan fingerprint density at radius 2 is 1.95 bits per heavy atom. The van der Waals surface area contributed by atoms with E-state index in [9.17, 15) is 13.2 Å². The van der Waals surface area contributed by atoms with Crippen molar-refractivity contribution in [2.24, 2.45) is 5.14 Å². The summed E-state index contributed by atoms with van der Waals surface area (Å²) < 4.78 is 24.0. The summed E-state index contributed by atoms with van der Waals surface area (Å²) in [4.78, 5) is 10.7. The summed E-state index contributed by atoms with van der Waals surface area (Å²) in [5.41, 5.74) is 5.19. The maximum absolute atomic E-state index is 11.4. The molecule has 100 valence electrons. The van der Waals surface area contributed by atoms with Gasteiger partial charge < -0.3 is 10.8 Å². The Labute approximate surface area is 108 Å². The lowest BCUT2D eigenvalue weighted by molar-refractivity contribution is 0.0691. The van der Waals surface area contributed by atoms with Crippen molar-refractivity contribution in [3.8, 4) is 5.69 Å². The van der Waals surface area contributed by atoms with Crippen molar-refractivity contribution in [3.63, 3.8) is 0 Å². The zero-order chi connectivity index (χ0) is 14.2. The molecule has 0 aliphatic heterocycles. The third-order valence-corrected chi connectivity index (χ3v) is 3.32. The number of hydrogen-bond acceptors (Lipinski definition) is 5. The number of hydrogen-bond donors (Lipinski definition) is 3. The van der Waals surface area contributed by atoms with E-state index in [2.05, 4.69) is 5.10 Å². The van der Waals surface area contributed by atoms with Crippen LogP contribution >= 0.6 is 0 Å². The van der Waals surface area contributed by atoms with E-state index < -0.39 is 16.0 Å². The highest BCUT2D eigenvalue weighted by Crippen LogP contribution is 2.20. The van der Waals surface area contributed by atoms with E-state index in [4.69, 9.17) is 16.0 Å². The van der Waals surface area contributed by atoms with Gasteiger partial charge in [0.2, 0.25) is 10.0 Å². The number of rotatable bonds is 3. The van der Waals surface area contributed by atoms with Gasteiger partial charge in [-0.3, -0.25) is 0 Å². The minimum absolute atomic E-state index is 0.0725. The van der Waals surface area contributed by atoms with Crippen LogP contribution in [-0.2, 0) is 10.0 Å². The number of sulfonamides is 1. The first-order valence-electron chi connectivity index (χ1n) is 5.01. The molecule has 2 aromatic rings. The molecular weight excluding hydrogens is 272 g/mol. The molecule has 1 heterocycles. The van der Waals surface area contributed by atoms with Gasteiger partial charge >= 0.3 is 5.97 Å². The molecule has 0 saturated carbocycles. The molecule has 2 rings (SSSR count). The summed E-state index contributed by atoms with van der Waals surface area (Å²) in [7, 11) is -3.95. The van der Waals surface area contributed by atoms with Crippen LogP contribution in [0.3, 0.4) is 0 Å². The van der Waals surface area contributed by atoms with E-state index >= 15 is 0 Å². The van der Waals surface area contributed by atoms with Crippen LogP contribution in [0.1, 0.15) is 10.5 Å². The number of carbonyl (C=O) groups is 1. The van der Waals surface area contributed by atoms with Crippen molar-refractivity contribution in [1.29, 1.82) is 0 Å². The first kappa shape index (κ1) is 13.1. The summed E-state index contributed by atoms with van der Waals surface area (Å²) >= 11 is 0. The summed E-state index contributed by atoms with van der Waals surface area (Å²) in [6.07, 6.45) is 1.22. The fourth-order valence-electron chi connectivity index (χ4n) is 1.56. The Kier molecular flexibility index (Phi) is 3.00. The number of nitrogens with zero attached hydrogens (tertiary/aromatic N) is 2. The SMILES string of the molecule is Nc1cn(-c2ccccc2S(N)(=O)=O)nc1C(=O)O. The highest BCUT2D eigenvalue weighted by molar-refractivity contribution is 7.89. The number of anilines is 1. The number of para-hydroxylation sites is 1. The van der Waals surface area contributed by atoms with Crippen LogP contribution in [-0.4, -0.2) is 29.3 Å². The molecule has 0 fully saturated rings. The summed E-state index contributed by atoms with van der Waals surface area (Å²) in [5.74, 6) is -1.30. The van der Waals surface area contributed by atoms with E-state index in [0.717, 1.165) is 4.68 Å². The fourth-order valence-corrected chi connectivity index (χ4v) is 2.29. The van der Waals surface area contributed by atoms with Crippen LogP contribution in [0.2, 0.25) is 0 Å². The minimum Gasteiger partial charge on any atom is -0.476 e. The smallest absolute Gasteiger partial charge is 0.358 e. The molecule has 8 nitrogen and oxygen atoms in total. The molecule has 1 aromatic heterocycles. The van der Waals surface area contributed by atoms with Gasteiger partial charge in [-0.15, -0.1) is 0 Å². The molecule has 0 atom stereocenters. The lowest BCUT2D eigenvalue weighted by Crippen LogP contribution is -2.15. The molecule has 0 bridgehead atoms. The average Bonchev–Trinajstić information content (AvgIpc) is 2.70. The van der Waals surface area contributed by atoms with Gasteiger partial charge in [-0.2, -0.15) is 5.10 Å². The van der Waals surface area contributed by atoms with Crippen LogP contribution in [0, 0.1) is 0 Å². The largest absolute Gasteiger partial charge is 0.476 e. The van der Waals surface area contributed by atoms with Crippen molar-refractivity contribution in [2.75, 3.05) is 5.73 Å². The maximum atomic E-state index is 11.4. The number of primary sulfonamides is 1. The lowest BCUT2D eigenvalue weighted by atomic mass is 10.3. The van der Waals surface area contributed by atoms with Crippen molar-refractivity contribution in [2.45, 2.75) is 4.90 Å². The zero-order valence-electron chi connectivity index (χ0n) is 9.52. The van der Waals surface area contributed by atoms with Crippen molar-refractivity contribution < 1.29 is 18.3 Å². The molecule has 0 spiro atoms. The minimum atomic E-state index is -3.95. The predicted molar refractivity (Wildman–Crippen MR) is 66.3 cm³/mol. The molecule has 0 radical (unpaired) electrons. The highest BCUT2D eigenvalue weighted by atomic mass is 32.2. The van der Waals surface area contributed by atoms with Crippen molar-refractivity contribution in [3.05, 3.63) is 36.2 Å². The molecule has 9 heteroatoms. The standard InChI is InChI=1S/C10H10N4O4S/c11-6-5-14(13-9(6)10(15)16)7-3-1-2-4-8(7)19(12,17)18/h1-5H,11H2,(H,15,16)(H2,12,17,18). The molecular formula is C10H10N4O4S. The molecule has 0 aliphatic carbocycles. The second kappa shape index (κ2) is 4.37. The number of aromatic carboxylic acids is 1. The summed E-state index contributed by atoms with van der Waals surface area (Å²) in [5, 5.41) is 17.7. The van der Waals surface area contributed by atoms with Crippen molar-refractivity contribution >= 4 is 21.7 Å². The van der Waals surface area contributed by atoms with Gasteiger partial charge in [-0.25, -0.2) is 23.0 Å². The number of nitrogens with two attached hydrogens (primary N) is 2. The number of carboxylic acids is 1. The molecule has 19 heavy (non-hydrogen) atoms. The first-order chi connectivity index (χ1) is 8.80. The van der Waals surface area contributed by atoms with Crippen LogP contribution in [0.25, 0.3) is 5.69 Å². The average molecular weight is 282 g/mol. The van der Waals surface area contributed by atoms with Crippen LogP contribution in [0.4, 0.5) is 5.69 Å². The number of benzene rings is 1. The molecule has 0 saturated heterocycles. The quantitative estimate of drug-likeness (QED) is 0.711. The van der Waals surface area contributed by atoms with Gasteiger partial charge in [0.15, 0.2) is 5.69 Å². The number of nitrogen functional groups attached to an aromatic ring is 1. The van der Waals surface area contributed by atoms with E-state index in [1.54, 1.807) is 6.07 Å². The van der Waals surface area contributed by atoms with Crippen LogP contribution < -0.4 is 10.9 Å². The molecule has 0 aliphatic rings. The van der Waals surface area contributed by atoms with E-state index in [1.807, 2.05) is 0 Å². The molecule has 5 N–H and O–H groups in total. The third-order valence-electron chi connectivity index (χ3n) is 2.36. The number of carboxylic acid groups (broad SMARTS) is 1. The van der Waals surface area contributed by atoms with Gasteiger partial charge in [0, 0.05) is 0 Å². The topological polar surface area (TPSA) is 141 Å². The summed E-state index contributed by atoms with van der Waals surface area (Å²) in [6, 6.07) is 5.80. The maximum Gasteiger partial charge on any atom is 0.358 e. The third kappa shape index (κ3) is 2.41. The van der Waals surface area contributed by atoms with E-state index in [-0.39, 0.29) is 22.0 Å². The lowest BCUT2D eigenvalue weighted by Gasteiger charge is -2.06. The Hall–Kier alpha value is -2.39. The van der Waals surface area contributed by atoms with Gasteiger partial charge in [0.1, 0.15) is 4.90 Å². The second-order valence-electron chi connectivity index (χ2n) is 3.70. The Morgan fingerprint density at radius 3 is 2.47 bits per heavy atom. The van der Waals surface area contributed by atoms with Crippen molar-refractivity contribution in [1.82, 2.24) is 9.78 Å². The monoisotopic (exact) mass is 282 g/mol. The van der Waals surface area contributed by atoms with E-state index in [1.165, 1.54) is 24.4 Å². The summed E-state index contributed by atoms with van der Waals surface area (Å²) in [6.45, 7) is 0. The van der Waals surface area contributed by atoms with Crippen LogP contribution in [0.5, 0.6) is 0 Å². The van der Waals surface area contributed by atoms with Gasteiger partial charge in [-0.05, 0) is 12.1 Å². The Balaban J connectivity index is 2.67. The van der Waals surface area contributed by atoms with Crippen LogP contribution in [0.15, 0.2) is 35.4 Å². The van der Waals surface area contributed by atoms with Gasteiger partial charge in [-0.1, -0.05) is 12.1 Å². The van der Waals surface area contributed by atoms with E-state index in [0.29, 0.717) is 0 Å². The Bertz CT molecular complexity index is 751. The van der Waals surface area contributed by atoms with Gasteiger partial charge in [0.25, 0.3) is 0 Å². The number of aromatic nitrogens is 2. The second-order valence-corrected chi connectivity index (χ2v) is 5.23. The van der Waals surface area contributed by atoms with Gasteiger partial charge in [0.05, 0.1) is 17.6 Å². The molecule has 0 amide bonds. The first-order valence-corrected chi connectivity index (χ1v) is 6.56. The Morgan fingerprint density at radius 1 is 1.32 bits per heavy atom. The highest BCUT2D eigenvalue weighted by Gasteiger charge is 2.19. The predicted octanol–water partition coefficient (Wildman–Crippen LogP) is -0.200. The normalized spacial score (nSPS) is 11.4. The fraction of sp³-hybridized carbons (Fsp3) is 0. The molecule has 1 aromatic carbocycles. The zero-order valence-corrected chi connectivity index (χ0v) is 10.3.